The first kappa shape index (κ1) is 16.8. The van der Waals surface area contributed by atoms with Crippen LogP contribution in [0.3, 0.4) is 0 Å². The van der Waals surface area contributed by atoms with Crippen molar-refractivity contribution in [3.63, 3.8) is 0 Å². The van der Waals surface area contributed by atoms with Crippen molar-refractivity contribution in [2.45, 2.75) is 52.5 Å². The molecule has 1 N–H and O–H groups in total. The number of fused-ring (bicyclic) bond motifs is 1. The Bertz CT molecular complexity index is 837. The van der Waals surface area contributed by atoms with Gasteiger partial charge in [0, 0.05) is 12.5 Å². The monoisotopic (exact) mass is 344 g/mol. The molecule has 0 spiro atoms. The number of carbonyl (C=O) groups excluding carboxylic acids is 1. The Kier molecular flexibility index (Phi) is 4.27. The quantitative estimate of drug-likeness (QED) is 0.880. The third kappa shape index (κ3) is 3.25. The highest BCUT2D eigenvalue weighted by atomic mass is 35.5. The maximum Gasteiger partial charge on any atom is 0.227 e. The normalized spacial score (nSPS) is 15.1. The van der Waals surface area contributed by atoms with Gasteiger partial charge < -0.3 is 4.57 Å². The molecule has 1 aromatic heterocycles. The Morgan fingerprint density at radius 3 is 2.71 bits per heavy atom. The summed E-state index contributed by atoms with van der Waals surface area (Å²) in [5.41, 5.74) is 1.85. The van der Waals surface area contributed by atoms with Crippen LogP contribution in [0.5, 0.6) is 0 Å². The first-order chi connectivity index (χ1) is 11.3. The number of carbonyl (C=O) groups is 1. The molecule has 1 amide bonds. The van der Waals surface area contributed by atoms with Crippen molar-refractivity contribution >= 4 is 34.5 Å². The molecule has 2 aromatic rings. The SMILES string of the molecule is CC(C)(C)CC(=O)Nc1nc2c(Cl)cc(C#N)cc2n1C1CCC1. The molecule has 1 saturated carbocycles. The lowest BCUT2D eigenvalue weighted by Gasteiger charge is -2.29. The van der Waals surface area contributed by atoms with Crippen molar-refractivity contribution in [3.8, 4) is 6.07 Å². The number of aromatic nitrogens is 2. The smallest absolute Gasteiger partial charge is 0.227 e. The van der Waals surface area contributed by atoms with E-state index in [2.05, 4.69) is 16.4 Å². The van der Waals surface area contributed by atoms with Crippen LogP contribution in [0.1, 0.15) is 58.1 Å². The highest BCUT2D eigenvalue weighted by Crippen LogP contribution is 2.39. The van der Waals surface area contributed by atoms with Gasteiger partial charge in [0.15, 0.2) is 0 Å². The van der Waals surface area contributed by atoms with E-state index in [1.807, 2.05) is 25.3 Å². The summed E-state index contributed by atoms with van der Waals surface area (Å²) in [4.78, 5) is 16.9. The van der Waals surface area contributed by atoms with Crippen LogP contribution in [0.4, 0.5) is 5.95 Å². The number of imidazole rings is 1. The van der Waals surface area contributed by atoms with Crippen molar-refractivity contribution in [3.05, 3.63) is 22.7 Å². The van der Waals surface area contributed by atoms with E-state index in [-0.39, 0.29) is 11.3 Å². The minimum absolute atomic E-state index is 0.0602. The van der Waals surface area contributed by atoms with E-state index in [9.17, 15) is 10.1 Å². The number of nitriles is 1. The highest BCUT2D eigenvalue weighted by molar-refractivity contribution is 6.35. The zero-order valence-corrected chi connectivity index (χ0v) is 14.9. The van der Waals surface area contributed by atoms with E-state index in [1.54, 1.807) is 12.1 Å². The fourth-order valence-electron chi connectivity index (χ4n) is 2.97. The van der Waals surface area contributed by atoms with Crippen LogP contribution < -0.4 is 5.32 Å². The first-order valence-corrected chi connectivity index (χ1v) is 8.58. The molecule has 1 heterocycles. The molecule has 3 rings (SSSR count). The number of hydrogen-bond acceptors (Lipinski definition) is 3. The number of halogens is 1. The zero-order chi connectivity index (χ0) is 17.5. The lowest BCUT2D eigenvalue weighted by atomic mass is 9.92. The second kappa shape index (κ2) is 6.10. The standard InChI is InChI=1S/C18H21ClN4O/c1-18(2,3)9-15(24)21-17-22-16-13(19)7-11(10-20)8-14(16)23(17)12-5-4-6-12/h7-8,12H,4-6,9H2,1-3H3,(H,21,22,24). The molecule has 126 valence electrons. The van der Waals surface area contributed by atoms with Gasteiger partial charge in [-0.3, -0.25) is 10.1 Å². The molecule has 5 nitrogen and oxygen atoms in total. The maximum absolute atomic E-state index is 12.3. The van der Waals surface area contributed by atoms with Gasteiger partial charge in [-0.15, -0.1) is 0 Å². The van der Waals surface area contributed by atoms with Crippen molar-refractivity contribution in [2.75, 3.05) is 5.32 Å². The summed E-state index contributed by atoms with van der Waals surface area (Å²) in [6.45, 7) is 6.08. The topological polar surface area (TPSA) is 70.7 Å². The molecule has 0 saturated heterocycles. The maximum atomic E-state index is 12.3. The Morgan fingerprint density at radius 2 is 2.17 bits per heavy atom. The van der Waals surface area contributed by atoms with Crippen LogP contribution in [-0.2, 0) is 4.79 Å². The van der Waals surface area contributed by atoms with Crippen molar-refractivity contribution < 1.29 is 4.79 Å². The number of amides is 1. The Hall–Kier alpha value is -2.06. The Balaban J connectivity index is 2.05. The van der Waals surface area contributed by atoms with Gasteiger partial charge in [0.1, 0.15) is 5.52 Å². The molecular weight excluding hydrogens is 324 g/mol. The van der Waals surface area contributed by atoms with Crippen LogP contribution in [0.2, 0.25) is 5.02 Å². The Labute approximate surface area is 146 Å². The summed E-state index contributed by atoms with van der Waals surface area (Å²) in [5.74, 6) is 0.468. The Morgan fingerprint density at radius 1 is 1.46 bits per heavy atom. The molecule has 0 unspecified atom stereocenters. The first-order valence-electron chi connectivity index (χ1n) is 8.20. The number of nitrogens with zero attached hydrogens (tertiary/aromatic N) is 3. The summed E-state index contributed by atoms with van der Waals surface area (Å²) in [5, 5.41) is 12.6. The van der Waals surface area contributed by atoms with E-state index in [0.717, 1.165) is 24.8 Å². The molecule has 1 aliphatic carbocycles. The molecule has 6 heteroatoms. The third-order valence-electron chi connectivity index (χ3n) is 4.26. The molecule has 0 bridgehead atoms. The number of rotatable bonds is 3. The molecule has 1 aliphatic rings. The molecule has 1 aromatic carbocycles. The molecule has 1 fully saturated rings. The van der Waals surface area contributed by atoms with E-state index in [4.69, 9.17) is 11.6 Å². The number of anilines is 1. The lowest BCUT2D eigenvalue weighted by molar-refractivity contribution is -0.117. The second-order valence-electron chi connectivity index (χ2n) is 7.61. The summed E-state index contributed by atoms with van der Waals surface area (Å²) in [7, 11) is 0. The van der Waals surface area contributed by atoms with Crippen molar-refractivity contribution in [1.82, 2.24) is 9.55 Å². The van der Waals surface area contributed by atoms with Crippen molar-refractivity contribution in [2.24, 2.45) is 5.41 Å². The van der Waals surface area contributed by atoms with E-state index in [1.165, 1.54) is 0 Å². The van der Waals surface area contributed by atoms with Gasteiger partial charge >= 0.3 is 0 Å². The average molecular weight is 345 g/mol. The van der Waals surface area contributed by atoms with Gasteiger partial charge in [-0.2, -0.15) is 5.26 Å². The van der Waals surface area contributed by atoms with Crippen LogP contribution in [0.25, 0.3) is 11.0 Å². The van der Waals surface area contributed by atoms with Crippen LogP contribution >= 0.6 is 11.6 Å². The fourth-order valence-corrected chi connectivity index (χ4v) is 3.23. The minimum Gasteiger partial charge on any atom is -0.307 e. The van der Waals surface area contributed by atoms with E-state index < -0.39 is 0 Å². The predicted molar refractivity (Wildman–Crippen MR) is 95.0 cm³/mol. The number of benzene rings is 1. The van der Waals surface area contributed by atoms with Gasteiger partial charge in [0.25, 0.3) is 0 Å². The van der Waals surface area contributed by atoms with Gasteiger partial charge in [0.05, 0.1) is 22.2 Å². The fraction of sp³-hybridized carbons (Fsp3) is 0.500. The van der Waals surface area contributed by atoms with Crippen molar-refractivity contribution in [1.29, 1.82) is 5.26 Å². The predicted octanol–water partition coefficient (Wildman–Crippen LogP) is 4.66. The van der Waals surface area contributed by atoms with Gasteiger partial charge in [-0.05, 0) is 36.8 Å². The van der Waals surface area contributed by atoms with E-state index >= 15 is 0 Å². The summed E-state index contributed by atoms with van der Waals surface area (Å²) < 4.78 is 2.03. The van der Waals surface area contributed by atoms with Gasteiger partial charge in [0.2, 0.25) is 11.9 Å². The molecule has 24 heavy (non-hydrogen) atoms. The number of hydrogen-bond donors (Lipinski definition) is 1. The third-order valence-corrected chi connectivity index (χ3v) is 4.55. The second-order valence-corrected chi connectivity index (χ2v) is 8.02. The number of nitrogens with one attached hydrogen (secondary N) is 1. The van der Waals surface area contributed by atoms with E-state index in [0.29, 0.717) is 34.5 Å². The van der Waals surface area contributed by atoms with Crippen LogP contribution in [0, 0.1) is 16.7 Å². The molecule has 0 radical (unpaired) electrons. The van der Waals surface area contributed by atoms with Gasteiger partial charge in [-0.1, -0.05) is 32.4 Å². The minimum atomic E-state index is -0.0942. The highest BCUT2D eigenvalue weighted by Gasteiger charge is 2.27. The van der Waals surface area contributed by atoms with Crippen LogP contribution in [0.15, 0.2) is 12.1 Å². The molecule has 0 atom stereocenters. The zero-order valence-electron chi connectivity index (χ0n) is 14.2. The molecule has 0 aliphatic heterocycles. The summed E-state index contributed by atoms with van der Waals surface area (Å²) in [6, 6.07) is 5.84. The summed E-state index contributed by atoms with van der Waals surface area (Å²) in [6.07, 6.45) is 3.66. The van der Waals surface area contributed by atoms with Gasteiger partial charge in [-0.25, -0.2) is 4.98 Å². The largest absolute Gasteiger partial charge is 0.307 e. The van der Waals surface area contributed by atoms with Crippen LogP contribution in [-0.4, -0.2) is 15.5 Å². The lowest BCUT2D eigenvalue weighted by Crippen LogP contribution is -2.24. The molecular formula is C18H21ClN4O. The average Bonchev–Trinajstić information content (AvgIpc) is 2.74. The summed E-state index contributed by atoms with van der Waals surface area (Å²) >= 11 is 6.30.